The van der Waals surface area contributed by atoms with Crippen LogP contribution in [0.3, 0.4) is 0 Å². The van der Waals surface area contributed by atoms with E-state index in [9.17, 15) is 9.50 Å². The summed E-state index contributed by atoms with van der Waals surface area (Å²) in [5.41, 5.74) is 3.87. The fourth-order valence-electron chi connectivity index (χ4n) is 3.81. The molecule has 0 amide bonds. The van der Waals surface area contributed by atoms with Crippen LogP contribution in [0.2, 0.25) is 0 Å². The lowest BCUT2D eigenvalue weighted by Crippen LogP contribution is -2.26. The Morgan fingerprint density at radius 2 is 1.82 bits per heavy atom. The van der Waals surface area contributed by atoms with Gasteiger partial charge in [0.1, 0.15) is 23.5 Å². The normalized spacial score (nSPS) is 12.1. The van der Waals surface area contributed by atoms with Gasteiger partial charge in [0.05, 0.1) is 29.6 Å². The van der Waals surface area contributed by atoms with Gasteiger partial charge >= 0.3 is 0 Å². The van der Waals surface area contributed by atoms with Crippen LogP contribution in [0.15, 0.2) is 53.6 Å². The zero-order valence-corrected chi connectivity index (χ0v) is 18.7. The van der Waals surface area contributed by atoms with Gasteiger partial charge in [-0.15, -0.1) is 0 Å². The molecule has 4 heterocycles. The predicted octanol–water partition coefficient (Wildman–Crippen LogP) is 4.37. The number of hydrogen-bond donors (Lipinski definition) is 1. The third kappa shape index (κ3) is 3.91. The molecule has 0 fully saturated rings. The number of nitrogens with zero attached hydrogens (tertiary/aromatic N) is 6. The highest BCUT2D eigenvalue weighted by Gasteiger charge is 2.23. The first-order valence-electron chi connectivity index (χ1n) is 10.5. The number of halogens is 1. The highest BCUT2D eigenvalue weighted by molar-refractivity contribution is 5.95. The van der Waals surface area contributed by atoms with Crippen molar-refractivity contribution in [3.8, 4) is 34.0 Å². The molecule has 8 nitrogen and oxygen atoms in total. The fraction of sp³-hybridized carbons (Fsp3) is 0.250. The number of aryl methyl sites for hydroxylation is 1. The molecule has 0 bridgehead atoms. The molecule has 5 aromatic rings. The lowest BCUT2D eigenvalue weighted by Gasteiger charge is -2.16. The molecule has 1 aromatic carbocycles. The van der Waals surface area contributed by atoms with Crippen LogP contribution in [0, 0.1) is 12.7 Å². The first kappa shape index (κ1) is 21.0. The van der Waals surface area contributed by atoms with Gasteiger partial charge in [0.25, 0.3) is 0 Å². The van der Waals surface area contributed by atoms with E-state index in [0.29, 0.717) is 28.2 Å². The van der Waals surface area contributed by atoms with Crippen LogP contribution in [0.25, 0.3) is 45.1 Å². The van der Waals surface area contributed by atoms with E-state index in [2.05, 4.69) is 20.1 Å². The fourth-order valence-corrected chi connectivity index (χ4v) is 3.81. The maximum absolute atomic E-state index is 13.6. The number of fused-ring (bicyclic) bond motifs is 1. The van der Waals surface area contributed by atoms with Crippen molar-refractivity contribution in [3.05, 3.63) is 60.7 Å². The Kier molecular flexibility index (Phi) is 4.86. The van der Waals surface area contributed by atoms with Gasteiger partial charge in [0.2, 0.25) is 5.71 Å². The molecule has 0 saturated carbocycles. The van der Waals surface area contributed by atoms with E-state index in [4.69, 9.17) is 4.42 Å². The third-order valence-electron chi connectivity index (χ3n) is 5.48. The van der Waals surface area contributed by atoms with Crippen molar-refractivity contribution in [2.24, 2.45) is 7.05 Å². The molecular formula is C24H23FN6O2. The first-order chi connectivity index (χ1) is 15.7. The molecule has 0 aliphatic heterocycles. The lowest BCUT2D eigenvalue weighted by atomic mass is 10.0. The van der Waals surface area contributed by atoms with E-state index < -0.39 is 5.60 Å². The number of rotatable bonds is 5. The second-order valence-electron chi connectivity index (χ2n) is 8.75. The highest BCUT2D eigenvalue weighted by atomic mass is 19.1. The van der Waals surface area contributed by atoms with Crippen molar-refractivity contribution in [1.82, 2.24) is 29.3 Å². The van der Waals surface area contributed by atoms with Crippen LogP contribution in [0.4, 0.5) is 4.39 Å². The largest absolute Gasteiger partial charge is 0.436 e. The monoisotopic (exact) mass is 446 g/mol. The van der Waals surface area contributed by atoms with Gasteiger partial charge in [0, 0.05) is 30.1 Å². The number of hydrogen-bond acceptors (Lipinski definition) is 6. The summed E-state index contributed by atoms with van der Waals surface area (Å²) in [4.78, 5) is 13.3. The van der Waals surface area contributed by atoms with E-state index in [1.807, 2.05) is 30.8 Å². The van der Waals surface area contributed by atoms with E-state index in [0.717, 1.165) is 22.5 Å². The van der Waals surface area contributed by atoms with Crippen LogP contribution in [0.1, 0.15) is 19.5 Å². The minimum atomic E-state index is -0.969. The summed E-state index contributed by atoms with van der Waals surface area (Å²) in [5, 5.41) is 15.7. The second-order valence-corrected chi connectivity index (χ2v) is 8.75. The molecule has 168 valence electrons. The number of aliphatic hydroxyl groups is 1. The van der Waals surface area contributed by atoms with Gasteiger partial charge in [-0.1, -0.05) is 0 Å². The van der Waals surface area contributed by atoms with Crippen LogP contribution < -0.4 is 0 Å². The summed E-state index contributed by atoms with van der Waals surface area (Å²) in [6.07, 6.45) is 5.01. The van der Waals surface area contributed by atoms with Gasteiger partial charge in [0.15, 0.2) is 5.76 Å². The number of imidazole rings is 1. The predicted molar refractivity (Wildman–Crippen MR) is 122 cm³/mol. The highest BCUT2D eigenvalue weighted by Crippen LogP contribution is 2.37. The molecule has 0 aliphatic rings. The van der Waals surface area contributed by atoms with Crippen molar-refractivity contribution < 1.29 is 13.9 Å². The van der Waals surface area contributed by atoms with Crippen molar-refractivity contribution in [2.75, 3.05) is 0 Å². The molecule has 0 radical (unpaired) electrons. The molecule has 1 N–H and O–H groups in total. The van der Waals surface area contributed by atoms with E-state index in [1.165, 1.54) is 18.5 Å². The maximum atomic E-state index is 13.6. The average Bonchev–Trinajstić information content (AvgIpc) is 3.45. The molecule has 0 atom stereocenters. The summed E-state index contributed by atoms with van der Waals surface area (Å²) in [6, 6.07) is 8.01. The average molecular weight is 446 g/mol. The molecule has 5 rings (SSSR count). The van der Waals surface area contributed by atoms with Gasteiger partial charge in [-0.25, -0.2) is 19.3 Å². The van der Waals surface area contributed by atoms with Crippen LogP contribution >= 0.6 is 0 Å². The Morgan fingerprint density at radius 3 is 2.48 bits per heavy atom. The topological polar surface area (TPSA) is 94.8 Å². The Bertz CT molecular complexity index is 1460. The SMILES string of the molecule is Cc1c(-c2cc3c(-c4cn(CC(C)(C)O)nc4-c4ccc(F)cc4)ncnc3o2)ncn1C. The second kappa shape index (κ2) is 7.63. The maximum Gasteiger partial charge on any atom is 0.230 e. The molecule has 0 saturated heterocycles. The van der Waals surface area contributed by atoms with Crippen molar-refractivity contribution in [3.63, 3.8) is 0 Å². The van der Waals surface area contributed by atoms with E-state index >= 15 is 0 Å². The lowest BCUT2D eigenvalue weighted by molar-refractivity contribution is 0.0578. The van der Waals surface area contributed by atoms with E-state index in [1.54, 1.807) is 37.0 Å². The smallest absolute Gasteiger partial charge is 0.230 e. The number of furan rings is 1. The Morgan fingerprint density at radius 1 is 1.06 bits per heavy atom. The van der Waals surface area contributed by atoms with Crippen molar-refractivity contribution in [1.29, 1.82) is 0 Å². The van der Waals surface area contributed by atoms with Gasteiger partial charge in [-0.2, -0.15) is 5.10 Å². The minimum Gasteiger partial charge on any atom is -0.436 e. The first-order valence-corrected chi connectivity index (χ1v) is 10.5. The van der Waals surface area contributed by atoms with Crippen molar-refractivity contribution >= 4 is 11.1 Å². The Labute approximate surface area is 189 Å². The number of benzene rings is 1. The summed E-state index contributed by atoms with van der Waals surface area (Å²) in [6.45, 7) is 5.67. The van der Waals surface area contributed by atoms with Crippen LogP contribution in [-0.2, 0) is 13.6 Å². The van der Waals surface area contributed by atoms with Gasteiger partial charge < -0.3 is 14.1 Å². The quantitative estimate of drug-likeness (QED) is 0.431. The molecule has 0 unspecified atom stereocenters. The molecule has 0 spiro atoms. The van der Waals surface area contributed by atoms with Crippen LogP contribution in [0.5, 0.6) is 0 Å². The van der Waals surface area contributed by atoms with Gasteiger partial charge in [-0.3, -0.25) is 4.68 Å². The molecular weight excluding hydrogens is 423 g/mol. The number of aromatic nitrogens is 6. The summed E-state index contributed by atoms with van der Waals surface area (Å²) >= 11 is 0. The molecule has 33 heavy (non-hydrogen) atoms. The standard InChI is InChI=1S/C24H23FN6O2/c1-14-20(28-13-30(14)4)19-9-17-22(26-12-27-23(17)33-19)18-10-31(11-24(2,3)32)29-21(18)15-5-7-16(25)8-6-15/h5-10,12-13,32H,11H2,1-4H3. The van der Waals surface area contributed by atoms with Crippen molar-refractivity contribution in [2.45, 2.75) is 32.9 Å². The third-order valence-corrected chi connectivity index (χ3v) is 5.48. The zero-order valence-electron chi connectivity index (χ0n) is 18.7. The Hall–Kier alpha value is -3.85. The van der Waals surface area contributed by atoms with Gasteiger partial charge in [-0.05, 0) is 51.1 Å². The minimum absolute atomic E-state index is 0.277. The summed E-state index contributed by atoms with van der Waals surface area (Å²) in [7, 11) is 1.92. The molecule has 9 heteroatoms. The van der Waals surface area contributed by atoms with E-state index in [-0.39, 0.29) is 12.4 Å². The summed E-state index contributed by atoms with van der Waals surface area (Å²) in [5.74, 6) is 0.267. The summed E-state index contributed by atoms with van der Waals surface area (Å²) < 4.78 is 23.2. The van der Waals surface area contributed by atoms with Crippen LogP contribution in [-0.4, -0.2) is 40.0 Å². The molecule has 4 aromatic heterocycles. The molecule has 0 aliphatic carbocycles. The Balaban J connectivity index is 1.70. The zero-order chi connectivity index (χ0) is 23.3.